The van der Waals surface area contributed by atoms with Gasteiger partial charge in [-0.2, -0.15) is 18.3 Å². The molecule has 0 atom stereocenters. The summed E-state index contributed by atoms with van der Waals surface area (Å²) in [5.74, 6) is 0.460. The van der Waals surface area contributed by atoms with E-state index in [1.54, 1.807) is 0 Å². The minimum absolute atomic E-state index is 0.460. The molecule has 0 radical (unpaired) electrons. The normalized spacial score (nSPS) is 17.8. The van der Waals surface area contributed by atoms with Gasteiger partial charge in [0.15, 0.2) is 0 Å². The SMILES string of the molecule is FC(F)(F)Cn1cc(C2CC2)cn1. The Morgan fingerprint density at radius 3 is 2.69 bits per heavy atom. The molecule has 72 valence electrons. The molecular weight excluding hydrogens is 181 g/mol. The van der Waals surface area contributed by atoms with E-state index in [0.717, 1.165) is 23.1 Å². The average molecular weight is 190 g/mol. The topological polar surface area (TPSA) is 17.8 Å². The van der Waals surface area contributed by atoms with Crippen LogP contribution in [0.4, 0.5) is 13.2 Å². The maximum atomic E-state index is 11.9. The van der Waals surface area contributed by atoms with Crippen LogP contribution in [0.25, 0.3) is 0 Å². The lowest BCUT2D eigenvalue weighted by atomic mass is 10.2. The van der Waals surface area contributed by atoms with Gasteiger partial charge >= 0.3 is 6.18 Å². The molecule has 0 unspecified atom stereocenters. The first kappa shape index (κ1) is 8.59. The molecule has 1 aliphatic carbocycles. The van der Waals surface area contributed by atoms with Crippen LogP contribution in [0.1, 0.15) is 24.3 Å². The van der Waals surface area contributed by atoms with Crippen molar-refractivity contribution in [3.63, 3.8) is 0 Å². The molecule has 1 aromatic heterocycles. The largest absolute Gasteiger partial charge is 0.408 e. The Bertz CT molecular complexity index is 299. The zero-order chi connectivity index (χ0) is 9.47. The van der Waals surface area contributed by atoms with Crippen molar-refractivity contribution in [2.75, 3.05) is 0 Å². The van der Waals surface area contributed by atoms with Crippen LogP contribution in [0.5, 0.6) is 0 Å². The molecule has 1 fully saturated rings. The molecule has 13 heavy (non-hydrogen) atoms. The van der Waals surface area contributed by atoms with Crippen molar-refractivity contribution in [2.45, 2.75) is 31.5 Å². The zero-order valence-corrected chi connectivity index (χ0v) is 6.88. The second-order valence-corrected chi connectivity index (χ2v) is 3.36. The number of aromatic nitrogens is 2. The average Bonchev–Trinajstić information content (AvgIpc) is 2.72. The molecule has 0 aliphatic heterocycles. The summed E-state index contributed by atoms with van der Waals surface area (Å²) >= 11 is 0. The summed E-state index contributed by atoms with van der Waals surface area (Å²) in [7, 11) is 0. The van der Waals surface area contributed by atoms with Gasteiger partial charge in [-0.05, 0) is 24.3 Å². The Kier molecular flexibility index (Phi) is 1.82. The van der Waals surface area contributed by atoms with Crippen molar-refractivity contribution < 1.29 is 13.2 Å². The van der Waals surface area contributed by atoms with Crippen LogP contribution in [0.3, 0.4) is 0 Å². The van der Waals surface area contributed by atoms with Gasteiger partial charge in [0.1, 0.15) is 6.54 Å². The summed E-state index contributed by atoms with van der Waals surface area (Å²) in [6.45, 7) is -0.986. The second kappa shape index (κ2) is 2.75. The third kappa shape index (κ3) is 2.23. The Balaban J connectivity index is 2.04. The highest BCUT2D eigenvalue weighted by Crippen LogP contribution is 2.39. The van der Waals surface area contributed by atoms with E-state index in [-0.39, 0.29) is 0 Å². The third-order valence-corrected chi connectivity index (χ3v) is 2.04. The summed E-state index contributed by atoms with van der Waals surface area (Å²) in [5, 5.41) is 3.66. The lowest BCUT2D eigenvalue weighted by Crippen LogP contribution is -2.17. The van der Waals surface area contributed by atoms with Crippen LogP contribution < -0.4 is 0 Å². The molecule has 2 nitrogen and oxygen atoms in total. The number of rotatable bonds is 2. The van der Waals surface area contributed by atoms with Crippen molar-refractivity contribution >= 4 is 0 Å². The smallest absolute Gasteiger partial charge is 0.263 e. The number of halogens is 3. The Morgan fingerprint density at radius 2 is 2.15 bits per heavy atom. The molecule has 0 bridgehead atoms. The first-order chi connectivity index (χ1) is 6.04. The molecular formula is C8H9F3N2. The van der Waals surface area contributed by atoms with E-state index in [9.17, 15) is 13.2 Å². The minimum atomic E-state index is -4.17. The third-order valence-electron chi connectivity index (χ3n) is 2.04. The van der Waals surface area contributed by atoms with Crippen LogP contribution in [0.15, 0.2) is 12.4 Å². The fourth-order valence-electron chi connectivity index (χ4n) is 1.28. The first-order valence-corrected chi connectivity index (χ1v) is 4.14. The van der Waals surface area contributed by atoms with E-state index in [1.165, 1.54) is 12.4 Å². The van der Waals surface area contributed by atoms with Crippen LogP contribution in [-0.2, 0) is 6.54 Å². The highest BCUT2D eigenvalue weighted by atomic mass is 19.4. The van der Waals surface area contributed by atoms with Gasteiger partial charge in [0, 0.05) is 6.20 Å². The van der Waals surface area contributed by atoms with Crippen molar-refractivity contribution in [1.29, 1.82) is 0 Å². The fourth-order valence-corrected chi connectivity index (χ4v) is 1.28. The predicted octanol–water partition coefficient (Wildman–Crippen LogP) is 2.32. The standard InChI is InChI=1S/C8H9F3N2/c9-8(10,11)5-13-4-7(3-12-13)6-1-2-6/h3-4,6H,1-2,5H2. The highest BCUT2D eigenvalue weighted by Gasteiger charge is 2.30. The first-order valence-electron chi connectivity index (χ1n) is 4.14. The molecule has 0 spiro atoms. The van der Waals surface area contributed by atoms with Crippen LogP contribution >= 0.6 is 0 Å². The van der Waals surface area contributed by atoms with E-state index in [1.807, 2.05) is 0 Å². The molecule has 0 saturated heterocycles. The van der Waals surface area contributed by atoms with E-state index in [0.29, 0.717) is 5.92 Å². The van der Waals surface area contributed by atoms with Crippen molar-refractivity contribution in [3.8, 4) is 0 Å². The van der Waals surface area contributed by atoms with Gasteiger partial charge in [0.05, 0.1) is 6.20 Å². The molecule has 1 saturated carbocycles. The molecule has 1 heterocycles. The molecule has 2 rings (SSSR count). The van der Waals surface area contributed by atoms with Gasteiger partial charge < -0.3 is 0 Å². The van der Waals surface area contributed by atoms with Crippen molar-refractivity contribution in [1.82, 2.24) is 9.78 Å². The Hall–Kier alpha value is -1.00. The van der Waals surface area contributed by atoms with E-state index < -0.39 is 12.7 Å². The van der Waals surface area contributed by atoms with E-state index >= 15 is 0 Å². The van der Waals surface area contributed by atoms with Crippen LogP contribution in [-0.4, -0.2) is 16.0 Å². The molecule has 5 heteroatoms. The molecule has 1 aromatic rings. The molecule has 0 amide bonds. The number of alkyl halides is 3. The quantitative estimate of drug-likeness (QED) is 0.699. The van der Waals surface area contributed by atoms with Gasteiger partial charge in [-0.25, -0.2) is 0 Å². The molecule has 0 N–H and O–H groups in total. The number of nitrogens with zero attached hydrogens (tertiary/aromatic N) is 2. The van der Waals surface area contributed by atoms with Crippen molar-refractivity contribution in [2.24, 2.45) is 0 Å². The summed E-state index contributed by atoms with van der Waals surface area (Å²) in [5.41, 5.74) is 0.934. The summed E-state index contributed by atoms with van der Waals surface area (Å²) in [4.78, 5) is 0. The van der Waals surface area contributed by atoms with Crippen LogP contribution in [0.2, 0.25) is 0 Å². The Labute approximate surface area is 73.4 Å². The van der Waals surface area contributed by atoms with Gasteiger partial charge in [0.2, 0.25) is 0 Å². The predicted molar refractivity (Wildman–Crippen MR) is 40.3 cm³/mol. The molecule has 0 aromatic carbocycles. The lowest BCUT2D eigenvalue weighted by Gasteiger charge is -2.04. The minimum Gasteiger partial charge on any atom is -0.263 e. The highest BCUT2D eigenvalue weighted by molar-refractivity contribution is 5.16. The zero-order valence-electron chi connectivity index (χ0n) is 6.88. The van der Waals surface area contributed by atoms with Crippen LogP contribution in [0, 0.1) is 0 Å². The number of hydrogen-bond acceptors (Lipinski definition) is 1. The summed E-state index contributed by atoms with van der Waals surface area (Å²) in [6.07, 6.45) is 1.01. The van der Waals surface area contributed by atoms with Gasteiger partial charge in [0.25, 0.3) is 0 Å². The van der Waals surface area contributed by atoms with E-state index in [4.69, 9.17) is 0 Å². The second-order valence-electron chi connectivity index (χ2n) is 3.36. The number of hydrogen-bond donors (Lipinski definition) is 0. The summed E-state index contributed by atoms with van der Waals surface area (Å²) in [6, 6.07) is 0. The summed E-state index contributed by atoms with van der Waals surface area (Å²) < 4.78 is 36.7. The lowest BCUT2D eigenvalue weighted by molar-refractivity contribution is -0.142. The maximum Gasteiger partial charge on any atom is 0.408 e. The monoisotopic (exact) mass is 190 g/mol. The van der Waals surface area contributed by atoms with Gasteiger partial charge in [-0.1, -0.05) is 0 Å². The Morgan fingerprint density at radius 1 is 1.46 bits per heavy atom. The fraction of sp³-hybridized carbons (Fsp3) is 0.625. The van der Waals surface area contributed by atoms with Crippen molar-refractivity contribution in [3.05, 3.63) is 18.0 Å². The van der Waals surface area contributed by atoms with E-state index in [2.05, 4.69) is 5.10 Å². The van der Waals surface area contributed by atoms with Gasteiger partial charge in [-0.3, -0.25) is 4.68 Å². The van der Waals surface area contributed by atoms with Gasteiger partial charge in [-0.15, -0.1) is 0 Å². The maximum absolute atomic E-state index is 11.9. The molecule has 1 aliphatic rings.